The minimum absolute atomic E-state index is 0.209. The Kier molecular flexibility index (Phi) is 5.16. The van der Waals surface area contributed by atoms with Gasteiger partial charge in [-0.25, -0.2) is 4.68 Å². The lowest BCUT2D eigenvalue weighted by Gasteiger charge is -2.11. The summed E-state index contributed by atoms with van der Waals surface area (Å²) in [5.74, 6) is -0.452. The average Bonchev–Trinajstić information content (AvgIpc) is 3.32. The van der Waals surface area contributed by atoms with E-state index in [0.29, 0.717) is 23.5 Å². The number of benzene rings is 1. The lowest BCUT2D eigenvalue weighted by Crippen LogP contribution is -2.26. The van der Waals surface area contributed by atoms with Crippen molar-refractivity contribution in [2.75, 3.05) is 6.54 Å². The van der Waals surface area contributed by atoms with Gasteiger partial charge in [-0.3, -0.25) is 4.79 Å². The molecule has 0 saturated heterocycles. The van der Waals surface area contributed by atoms with Crippen LogP contribution in [0.15, 0.2) is 34.8 Å². The SMILES string of the molecule is CCN=C([O-])c1ccc(-n2nnc(C(=O)NC3CC3)c2C=C(C)C)cc1. The molecule has 1 amide bonds. The highest BCUT2D eigenvalue weighted by Gasteiger charge is 2.27. The molecule has 0 aliphatic heterocycles. The molecule has 1 saturated carbocycles. The fourth-order valence-corrected chi connectivity index (χ4v) is 2.51. The van der Waals surface area contributed by atoms with Crippen LogP contribution in [0.2, 0.25) is 0 Å². The van der Waals surface area contributed by atoms with Crippen LogP contribution in [0.5, 0.6) is 0 Å². The highest BCUT2D eigenvalue weighted by atomic mass is 16.3. The third-order valence-corrected chi connectivity index (χ3v) is 3.92. The Balaban J connectivity index is 1.96. The van der Waals surface area contributed by atoms with Gasteiger partial charge in [-0.05, 0) is 63.3 Å². The van der Waals surface area contributed by atoms with Crippen molar-refractivity contribution in [3.63, 3.8) is 0 Å². The van der Waals surface area contributed by atoms with Gasteiger partial charge in [-0.2, -0.15) is 0 Å². The number of aliphatic imine (C=N–C) groups is 1. The van der Waals surface area contributed by atoms with Crippen LogP contribution in [0, 0.1) is 0 Å². The summed E-state index contributed by atoms with van der Waals surface area (Å²) in [6, 6.07) is 7.21. The summed E-state index contributed by atoms with van der Waals surface area (Å²) < 4.78 is 1.61. The standard InChI is InChI=1S/C19H23N5O2/c1-4-20-18(25)13-5-9-15(10-6-13)24-16(11-12(2)3)17(22-23-24)19(26)21-14-7-8-14/h5-6,9-11,14H,4,7-8H2,1-3H3,(H,20,25)(H,21,26)/p-1. The maximum atomic E-state index is 12.4. The molecule has 1 aromatic heterocycles. The maximum Gasteiger partial charge on any atom is 0.274 e. The van der Waals surface area contributed by atoms with Gasteiger partial charge in [0.25, 0.3) is 5.91 Å². The minimum Gasteiger partial charge on any atom is -0.858 e. The number of carbonyl (C=O) groups excluding carboxylic acids is 1. The average molecular weight is 352 g/mol. The van der Waals surface area contributed by atoms with Crippen molar-refractivity contribution in [3.05, 3.63) is 46.8 Å². The maximum absolute atomic E-state index is 12.4. The van der Waals surface area contributed by atoms with Crippen molar-refractivity contribution in [2.45, 2.75) is 39.7 Å². The number of hydrogen-bond acceptors (Lipinski definition) is 5. The molecule has 136 valence electrons. The van der Waals surface area contributed by atoms with E-state index in [2.05, 4.69) is 20.6 Å². The summed E-state index contributed by atoms with van der Waals surface area (Å²) in [4.78, 5) is 16.3. The molecule has 1 fully saturated rings. The van der Waals surface area contributed by atoms with E-state index >= 15 is 0 Å². The number of carbonyl (C=O) groups is 1. The van der Waals surface area contributed by atoms with Gasteiger partial charge < -0.3 is 15.4 Å². The smallest absolute Gasteiger partial charge is 0.274 e. The summed E-state index contributed by atoms with van der Waals surface area (Å²) in [6.45, 7) is 6.18. The Hall–Kier alpha value is -2.96. The van der Waals surface area contributed by atoms with Gasteiger partial charge in [0.2, 0.25) is 0 Å². The molecule has 0 bridgehead atoms. The van der Waals surface area contributed by atoms with E-state index in [1.165, 1.54) is 0 Å². The normalized spacial score (nSPS) is 14.2. The van der Waals surface area contributed by atoms with Gasteiger partial charge in [0, 0.05) is 12.6 Å². The van der Waals surface area contributed by atoms with Gasteiger partial charge >= 0.3 is 0 Å². The molecular formula is C19H22N5O2-. The second kappa shape index (κ2) is 7.51. The zero-order valence-corrected chi connectivity index (χ0v) is 15.2. The molecule has 1 aromatic carbocycles. The van der Waals surface area contributed by atoms with Gasteiger partial charge in [0.1, 0.15) is 5.69 Å². The van der Waals surface area contributed by atoms with E-state index in [-0.39, 0.29) is 17.8 Å². The molecule has 1 N–H and O–H groups in total. The van der Waals surface area contributed by atoms with Gasteiger partial charge in [-0.15, -0.1) is 5.10 Å². The van der Waals surface area contributed by atoms with E-state index in [0.717, 1.165) is 24.1 Å². The van der Waals surface area contributed by atoms with Crippen molar-refractivity contribution in [1.82, 2.24) is 20.3 Å². The largest absolute Gasteiger partial charge is 0.858 e. The van der Waals surface area contributed by atoms with Gasteiger partial charge in [-0.1, -0.05) is 22.9 Å². The molecule has 0 spiro atoms. The lowest BCUT2D eigenvalue weighted by atomic mass is 10.2. The van der Waals surface area contributed by atoms with Crippen molar-refractivity contribution in [1.29, 1.82) is 0 Å². The van der Waals surface area contributed by atoms with E-state index in [4.69, 9.17) is 0 Å². The first kappa shape index (κ1) is 17.8. The summed E-state index contributed by atoms with van der Waals surface area (Å²) in [7, 11) is 0. The topological polar surface area (TPSA) is 95.2 Å². The van der Waals surface area contributed by atoms with E-state index in [1.54, 1.807) is 28.9 Å². The predicted octanol–water partition coefficient (Wildman–Crippen LogP) is 1.71. The third kappa shape index (κ3) is 3.99. The number of allylic oxidation sites excluding steroid dienone is 1. The number of nitrogens with one attached hydrogen (secondary N) is 1. The molecule has 1 aliphatic rings. The second-order valence-electron chi connectivity index (χ2n) is 6.53. The summed E-state index contributed by atoms with van der Waals surface area (Å²) >= 11 is 0. The first-order chi connectivity index (χ1) is 12.5. The Morgan fingerprint density at radius 2 is 2.04 bits per heavy atom. The van der Waals surface area contributed by atoms with Crippen LogP contribution in [-0.2, 0) is 0 Å². The van der Waals surface area contributed by atoms with Gasteiger partial charge in [0.15, 0.2) is 5.69 Å². The van der Waals surface area contributed by atoms with Crippen LogP contribution in [-0.4, -0.2) is 39.4 Å². The zero-order chi connectivity index (χ0) is 18.7. The van der Waals surface area contributed by atoms with E-state index in [9.17, 15) is 9.90 Å². The van der Waals surface area contributed by atoms with Crippen LogP contribution in [0.25, 0.3) is 11.8 Å². The molecule has 26 heavy (non-hydrogen) atoms. The van der Waals surface area contributed by atoms with Gasteiger partial charge in [0.05, 0.1) is 5.69 Å². The van der Waals surface area contributed by atoms with Crippen molar-refractivity contribution < 1.29 is 9.90 Å². The van der Waals surface area contributed by atoms with Crippen molar-refractivity contribution in [2.24, 2.45) is 4.99 Å². The van der Waals surface area contributed by atoms with Crippen molar-refractivity contribution in [3.8, 4) is 5.69 Å². The first-order valence-electron chi connectivity index (χ1n) is 8.73. The number of rotatable bonds is 6. The minimum atomic E-state index is -0.244. The second-order valence-corrected chi connectivity index (χ2v) is 6.53. The van der Waals surface area contributed by atoms with Crippen LogP contribution in [0.1, 0.15) is 55.4 Å². The molecule has 1 aliphatic carbocycles. The van der Waals surface area contributed by atoms with Crippen LogP contribution in [0.4, 0.5) is 0 Å². The van der Waals surface area contributed by atoms with Crippen molar-refractivity contribution >= 4 is 17.9 Å². The molecule has 7 nitrogen and oxygen atoms in total. The number of nitrogens with zero attached hydrogens (tertiary/aromatic N) is 4. The van der Waals surface area contributed by atoms with E-state index in [1.807, 2.05) is 26.8 Å². The fourth-order valence-electron chi connectivity index (χ4n) is 2.51. The number of hydrogen-bond donors (Lipinski definition) is 1. The number of aromatic nitrogens is 3. The van der Waals surface area contributed by atoms with Crippen LogP contribution in [0.3, 0.4) is 0 Å². The van der Waals surface area contributed by atoms with Crippen LogP contribution < -0.4 is 10.4 Å². The Morgan fingerprint density at radius 3 is 2.62 bits per heavy atom. The molecule has 2 aromatic rings. The summed E-state index contributed by atoms with van der Waals surface area (Å²) in [6.07, 6.45) is 3.90. The van der Waals surface area contributed by atoms with E-state index < -0.39 is 0 Å². The first-order valence-corrected chi connectivity index (χ1v) is 8.73. The third-order valence-electron chi connectivity index (χ3n) is 3.92. The summed E-state index contributed by atoms with van der Waals surface area (Å²) in [5.41, 5.74) is 3.21. The Bertz CT molecular complexity index is 857. The number of amides is 1. The Labute approximate surface area is 152 Å². The molecule has 7 heteroatoms. The lowest BCUT2D eigenvalue weighted by molar-refractivity contribution is -0.213. The molecule has 1 heterocycles. The highest BCUT2D eigenvalue weighted by molar-refractivity contribution is 5.96. The molecule has 0 unspecified atom stereocenters. The summed E-state index contributed by atoms with van der Waals surface area (Å²) in [5, 5.41) is 23.0. The quantitative estimate of drug-likeness (QED) is 0.632. The molecule has 0 atom stereocenters. The molecule has 0 radical (unpaired) electrons. The fraction of sp³-hybridized carbons (Fsp3) is 0.368. The predicted molar refractivity (Wildman–Crippen MR) is 98.3 cm³/mol. The molecular weight excluding hydrogens is 330 g/mol. The van der Waals surface area contributed by atoms with Crippen LogP contribution >= 0.6 is 0 Å². The Morgan fingerprint density at radius 1 is 1.35 bits per heavy atom. The zero-order valence-electron chi connectivity index (χ0n) is 15.2. The molecule has 3 rings (SSSR count). The highest BCUT2D eigenvalue weighted by Crippen LogP contribution is 2.21. The monoisotopic (exact) mass is 352 g/mol.